The van der Waals surface area contributed by atoms with Crippen molar-refractivity contribution in [1.29, 1.82) is 0 Å². The fraction of sp³-hybridized carbons (Fsp3) is 0.250. The van der Waals surface area contributed by atoms with Gasteiger partial charge in [0.2, 0.25) is 0 Å². The van der Waals surface area contributed by atoms with Crippen LogP contribution in [0.4, 0.5) is 4.39 Å². The van der Waals surface area contributed by atoms with Crippen LogP contribution in [0.15, 0.2) is 46.7 Å². The zero-order valence-corrected chi connectivity index (χ0v) is 13.9. The second kappa shape index (κ2) is 9.32. The number of hydrogen-bond donors (Lipinski definition) is 1. The molecule has 0 atom stereocenters. The third-order valence-corrected chi connectivity index (χ3v) is 4.68. The van der Waals surface area contributed by atoms with Gasteiger partial charge in [-0.15, -0.1) is 23.1 Å². The Balaban J connectivity index is 1.57. The molecule has 1 heterocycles. The molecule has 0 radical (unpaired) electrons. The Morgan fingerprint density at radius 1 is 1.22 bits per heavy atom. The van der Waals surface area contributed by atoms with Crippen molar-refractivity contribution >= 4 is 35.0 Å². The first-order valence-corrected chi connectivity index (χ1v) is 8.83. The smallest absolute Gasteiger partial charge is 0.307 e. The standard InChI is InChI=1S/C16H16FNO3S2/c17-12-3-5-13(6-4-12)23-9-7-16(20)21-11-15(19)18-10-14-2-1-8-22-14/h1-6,8H,7,9-11H2,(H,18,19). The summed E-state index contributed by atoms with van der Waals surface area (Å²) in [5.74, 6) is -0.521. The molecule has 0 aliphatic rings. The van der Waals surface area contributed by atoms with Crippen LogP contribution in [0.1, 0.15) is 11.3 Å². The molecule has 0 aliphatic heterocycles. The van der Waals surface area contributed by atoms with Crippen molar-refractivity contribution in [1.82, 2.24) is 5.32 Å². The molecule has 0 bridgehead atoms. The van der Waals surface area contributed by atoms with Crippen molar-refractivity contribution in [3.05, 3.63) is 52.5 Å². The number of thiophene rings is 1. The molecule has 7 heteroatoms. The van der Waals surface area contributed by atoms with Gasteiger partial charge in [0.15, 0.2) is 6.61 Å². The van der Waals surface area contributed by atoms with Crippen LogP contribution in [0.2, 0.25) is 0 Å². The number of esters is 1. The number of amides is 1. The van der Waals surface area contributed by atoms with Gasteiger partial charge in [0.25, 0.3) is 5.91 Å². The normalized spacial score (nSPS) is 10.3. The lowest BCUT2D eigenvalue weighted by molar-refractivity contribution is -0.148. The lowest BCUT2D eigenvalue weighted by Gasteiger charge is -2.06. The van der Waals surface area contributed by atoms with Crippen LogP contribution in [0, 0.1) is 5.82 Å². The minimum absolute atomic E-state index is 0.195. The van der Waals surface area contributed by atoms with Gasteiger partial charge in [-0.05, 0) is 35.7 Å². The monoisotopic (exact) mass is 353 g/mol. The number of halogens is 1. The summed E-state index contributed by atoms with van der Waals surface area (Å²) in [5.41, 5.74) is 0. The Kier molecular flexibility index (Phi) is 7.09. The molecule has 0 saturated carbocycles. The second-order valence-corrected chi connectivity index (χ2v) is 6.77. The van der Waals surface area contributed by atoms with Gasteiger partial charge in [-0.25, -0.2) is 4.39 Å². The maximum Gasteiger partial charge on any atom is 0.307 e. The van der Waals surface area contributed by atoms with E-state index in [0.717, 1.165) is 9.77 Å². The molecular weight excluding hydrogens is 337 g/mol. The summed E-state index contributed by atoms with van der Waals surface area (Å²) in [5, 5.41) is 4.61. The summed E-state index contributed by atoms with van der Waals surface area (Å²) in [6, 6.07) is 9.89. The maximum absolute atomic E-state index is 12.7. The van der Waals surface area contributed by atoms with Gasteiger partial charge in [0.1, 0.15) is 5.82 Å². The molecule has 0 aliphatic carbocycles. The van der Waals surface area contributed by atoms with Gasteiger partial charge in [0, 0.05) is 15.5 Å². The number of carbonyl (C=O) groups is 2. The van der Waals surface area contributed by atoms with Crippen LogP contribution >= 0.6 is 23.1 Å². The number of nitrogens with one attached hydrogen (secondary N) is 1. The first kappa shape index (κ1) is 17.5. The maximum atomic E-state index is 12.7. The minimum atomic E-state index is -0.425. The van der Waals surface area contributed by atoms with Crippen LogP contribution in [0.5, 0.6) is 0 Å². The SMILES string of the molecule is O=C(COC(=O)CCSc1ccc(F)cc1)NCc1cccs1. The Morgan fingerprint density at radius 2 is 2.00 bits per heavy atom. The van der Waals surface area contributed by atoms with E-state index in [2.05, 4.69) is 5.32 Å². The van der Waals surface area contributed by atoms with Crippen LogP contribution in [0.25, 0.3) is 0 Å². The summed E-state index contributed by atoms with van der Waals surface area (Å²) in [4.78, 5) is 25.0. The van der Waals surface area contributed by atoms with E-state index in [1.807, 2.05) is 17.5 Å². The van der Waals surface area contributed by atoms with Crippen molar-refractivity contribution in [2.75, 3.05) is 12.4 Å². The molecule has 4 nitrogen and oxygen atoms in total. The van der Waals surface area contributed by atoms with Crippen molar-refractivity contribution in [2.24, 2.45) is 0 Å². The van der Waals surface area contributed by atoms with E-state index < -0.39 is 5.97 Å². The second-order valence-electron chi connectivity index (χ2n) is 4.57. The highest BCUT2D eigenvalue weighted by Gasteiger charge is 2.08. The lowest BCUT2D eigenvalue weighted by Crippen LogP contribution is -2.28. The zero-order chi connectivity index (χ0) is 16.5. The Hall–Kier alpha value is -1.86. The summed E-state index contributed by atoms with van der Waals surface area (Å²) in [7, 11) is 0. The molecule has 0 fully saturated rings. The van der Waals surface area contributed by atoms with Crippen molar-refractivity contribution in [3.8, 4) is 0 Å². The van der Waals surface area contributed by atoms with Crippen LogP contribution in [0.3, 0.4) is 0 Å². The van der Waals surface area contributed by atoms with E-state index >= 15 is 0 Å². The molecule has 1 N–H and O–H groups in total. The van der Waals surface area contributed by atoms with Crippen molar-refractivity contribution in [3.63, 3.8) is 0 Å². The van der Waals surface area contributed by atoms with Gasteiger partial charge in [-0.1, -0.05) is 6.07 Å². The van der Waals surface area contributed by atoms with E-state index in [9.17, 15) is 14.0 Å². The Bertz CT molecular complexity index is 629. The number of ether oxygens (including phenoxy) is 1. The fourth-order valence-electron chi connectivity index (χ4n) is 1.65. The highest BCUT2D eigenvalue weighted by atomic mass is 32.2. The van der Waals surface area contributed by atoms with E-state index in [4.69, 9.17) is 4.74 Å². The third-order valence-electron chi connectivity index (χ3n) is 2.79. The number of carbonyl (C=O) groups excluding carboxylic acids is 2. The first-order chi connectivity index (χ1) is 11.1. The quantitative estimate of drug-likeness (QED) is 0.585. The first-order valence-electron chi connectivity index (χ1n) is 6.96. The molecule has 0 spiro atoms. The van der Waals surface area contributed by atoms with Gasteiger partial charge in [-0.3, -0.25) is 9.59 Å². The van der Waals surface area contributed by atoms with Crippen LogP contribution in [-0.4, -0.2) is 24.2 Å². The van der Waals surface area contributed by atoms with Gasteiger partial charge >= 0.3 is 5.97 Å². The van der Waals surface area contributed by atoms with Gasteiger partial charge < -0.3 is 10.1 Å². The Morgan fingerprint density at radius 3 is 2.70 bits per heavy atom. The molecule has 0 unspecified atom stereocenters. The van der Waals surface area contributed by atoms with E-state index in [-0.39, 0.29) is 24.8 Å². The summed E-state index contributed by atoms with van der Waals surface area (Å²) in [6.45, 7) is 0.167. The summed E-state index contributed by atoms with van der Waals surface area (Å²) < 4.78 is 17.7. The number of thioether (sulfide) groups is 1. The van der Waals surface area contributed by atoms with E-state index in [0.29, 0.717) is 12.3 Å². The molecule has 1 aromatic carbocycles. The molecule has 1 amide bonds. The molecule has 0 saturated heterocycles. The number of benzene rings is 1. The lowest BCUT2D eigenvalue weighted by atomic mass is 10.4. The topological polar surface area (TPSA) is 55.4 Å². The number of hydrogen-bond acceptors (Lipinski definition) is 5. The highest BCUT2D eigenvalue weighted by molar-refractivity contribution is 7.99. The van der Waals surface area contributed by atoms with Crippen molar-refractivity contribution in [2.45, 2.75) is 17.9 Å². The molecule has 2 rings (SSSR count). The zero-order valence-electron chi connectivity index (χ0n) is 12.3. The van der Waals surface area contributed by atoms with E-state index in [1.54, 1.807) is 23.5 Å². The predicted octanol–water partition coefficient (Wildman–Crippen LogP) is 3.23. The minimum Gasteiger partial charge on any atom is -0.456 e. The van der Waals surface area contributed by atoms with Gasteiger partial charge in [0.05, 0.1) is 13.0 Å². The average molecular weight is 353 g/mol. The third kappa shape index (κ3) is 6.83. The molecule has 2 aromatic rings. The molecule has 1 aromatic heterocycles. The average Bonchev–Trinajstić information content (AvgIpc) is 3.06. The molecular formula is C16H16FNO3S2. The fourth-order valence-corrected chi connectivity index (χ4v) is 3.13. The van der Waals surface area contributed by atoms with Gasteiger partial charge in [-0.2, -0.15) is 0 Å². The highest BCUT2D eigenvalue weighted by Crippen LogP contribution is 2.18. The summed E-state index contributed by atoms with van der Waals surface area (Å²) >= 11 is 2.98. The van der Waals surface area contributed by atoms with Crippen LogP contribution < -0.4 is 5.32 Å². The number of rotatable bonds is 8. The summed E-state index contributed by atoms with van der Waals surface area (Å²) in [6.07, 6.45) is 0.195. The molecule has 122 valence electrons. The van der Waals surface area contributed by atoms with Crippen LogP contribution in [-0.2, 0) is 20.9 Å². The van der Waals surface area contributed by atoms with E-state index in [1.165, 1.54) is 23.9 Å². The van der Waals surface area contributed by atoms with Crippen molar-refractivity contribution < 1.29 is 18.7 Å². The largest absolute Gasteiger partial charge is 0.456 e. The predicted molar refractivity (Wildman–Crippen MR) is 88.9 cm³/mol. The Labute approximate surface area is 142 Å². The molecule has 23 heavy (non-hydrogen) atoms.